The Kier molecular flexibility index (Phi) is 5.51. The van der Waals surface area contributed by atoms with Crippen LogP contribution in [0.1, 0.15) is 25.4 Å². The number of hydrogen-bond donors (Lipinski definition) is 3. The van der Waals surface area contributed by atoms with Gasteiger partial charge in [0, 0.05) is 13.6 Å². The van der Waals surface area contributed by atoms with E-state index in [0.717, 1.165) is 12.2 Å². The lowest BCUT2D eigenvalue weighted by Crippen LogP contribution is -2.40. The van der Waals surface area contributed by atoms with E-state index in [9.17, 15) is 9.90 Å². The van der Waals surface area contributed by atoms with E-state index >= 15 is 0 Å². The van der Waals surface area contributed by atoms with Crippen LogP contribution in [0.25, 0.3) is 0 Å². The van der Waals surface area contributed by atoms with Crippen LogP contribution in [0.3, 0.4) is 0 Å². The molecule has 1 atom stereocenters. The molecule has 0 fully saturated rings. The topological polar surface area (TPSA) is 77.7 Å². The lowest BCUT2D eigenvalue weighted by Gasteiger charge is -2.23. The minimum atomic E-state index is -1.27. The first-order chi connectivity index (χ1) is 11.3. The summed E-state index contributed by atoms with van der Waals surface area (Å²) in [5, 5.41) is 16.0. The molecule has 24 heavy (non-hydrogen) atoms. The van der Waals surface area contributed by atoms with Crippen LogP contribution in [0.2, 0.25) is 0 Å². The molecule has 0 radical (unpaired) electrons. The SMILES string of the molecule is CCN(C)c1ccccc1NC(=O)NC[C@](C)(O)c1ccc(C)o1. The van der Waals surface area contributed by atoms with Crippen LogP contribution in [-0.2, 0) is 5.60 Å². The van der Waals surface area contributed by atoms with Crippen LogP contribution in [0.15, 0.2) is 40.8 Å². The molecule has 2 amide bonds. The number of para-hydroxylation sites is 2. The van der Waals surface area contributed by atoms with Gasteiger partial charge < -0.3 is 25.1 Å². The minimum Gasteiger partial charge on any atom is -0.463 e. The lowest BCUT2D eigenvalue weighted by molar-refractivity contribution is 0.0364. The van der Waals surface area contributed by atoms with Gasteiger partial charge in [0.15, 0.2) is 0 Å². The Balaban J connectivity index is 1.99. The summed E-state index contributed by atoms with van der Waals surface area (Å²) in [6.07, 6.45) is 0. The van der Waals surface area contributed by atoms with Gasteiger partial charge in [0.05, 0.1) is 17.9 Å². The molecule has 0 aliphatic heterocycles. The van der Waals surface area contributed by atoms with E-state index in [0.29, 0.717) is 17.2 Å². The zero-order valence-electron chi connectivity index (χ0n) is 14.6. The van der Waals surface area contributed by atoms with E-state index in [-0.39, 0.29) is 12.6 Å². The molecule has 0 aliphatic carbocycles. The smallest absolute Gasteiger partial charge is 0.319 e. The van der Waals surface area contributed by atoms with E-state index in [1.165, 1.54) is 0 Å². The van der Waals surface area contributed by atoms with Crippen LogP contribution in [0.4, 0.5) is 16.2 Å². The first-order valence-electron chi connectivity index (χ1n) is 7.98. The predicted octanol–water partition coefficient (Wildman–Crippen LogP) is 3.07. The fraction of sp³-hybridized carbons (Fsp3) is 0.389. The zero-order valence-corrected chi connectivity index (χ0v) is 14.6. The third-order valence-corrected chi connectivity index (χ3v) is 3.90. The summed E-state index contributed by atoms with van der Waals surface area (Å²) < 4.78 is 5.44. The van der Waals surface area contributed by atoms with Crippen molar-refractivity contribution in [3.8, 4) is 0 Å². The number of aliphatic hydroxyl groups is 1. The number of urea groups is 1. The summed E-state index contributed by atoms with van der Waals surface area (Å²) in [7, 11) is 1.96. The van der Waals surface area contributed by atoms with Gasteiger partial charge in [-0.1, -0.05) is 12.1 Å². The van der Waals surface area contributed by atoms with Crippen molar-refractivity contribution in [1.29, 1.82) is 0 Å². The van der Waals surface area contributed by atoms with Gasteiger partial charge in [-0.3, -0.25) is 0 Å². The van der Waals surface area contributed by atoms with Crippen LogP contribution in [0.5, 0.6) is 0 Å². The number of nitrogens with one attached hydrogen (secondary N) is 2. The van der Waals surface area contributed by atoms with Gasteiger partial charge in [0.1, 0.15) is 17.1 Å². The Labute approximate surface area is 142 Å². The number of hydrogen-bond acceptors (Lipinski definition) is 4. The Morgan fingerprint density at radius 3 is 2.62 bits per heavy atom. The highest BCUT2D eigenvalue weighted by molar-refractivity contribution is 5.93. The standard InChI is InChI=1S/C18H25N3O3/c1-5-21(4)15-9-7-6-8-14(15)20-17(22)19-12-18(3,23)16-11-10-13(2)24-16/h6-11,23H,5,12H2,1-4H3,(H2,19,20,22)/t18-/m0/s1. The molecule has 1 aromatic heterocycles. The van der Waals surface area contributed by atoms with Gasteiger partial charge in [-0.05, 0) is 45.0 Å². The second-order valence-electron chi connectivity index (χ2n) is 6.02. The number of aryl methyl sites for hydroxylation is 1. The molecule has 2 aromatic rings. The maximum Gasteiger partial charge on any atom is 0.319 e. The van der Waals surface area contributed by atoms with Gasteiger partial charge >= 0.3 is 6.03 Å². The maximum atomic E-state index is 12.2. The van der Waals surface area contributed by atoms with Gasteiger partial charge in [-0.15, -0.1) is 0 Å². The minimum absolute atomic E-state index is 0.0393. The van der Waals surface area contributed by atoms with Crippen molar-refractivity contribution in [1.82, 2.24) is 5.32 Å². The molecule has 3 N–H and O–H groups in total. The fourth-order valence-corrected chi connectivity index (χ4v) is 2.31. The van der Waals surface area contributed by atoms with E-state index in [4.69, 9.17) is 4.42 Å². The summed E-state index contributed by atoms with van der Waals surface area (Å²) in [4.78, 5) is 14.2. The summed E-state index contributed by atoms with van der Waals surface area (Å²) >= 11 is 0. The summed E-state index contributed by atoms with van der Waals surface area (Å²) in [5.41, 5.74) is 0.377. The number of furan rings is 1. The first-order valence-corrected chi connectivity index (χ1v) is 7.98. The van der Waals surface area contributed by atoms with Gasteiger partial charge in [0.25, 0.3) is 0 Å². The van der Waals surface area contributed by atoms with Crippen molar-refractivity contribution in [3.63, 3.8) is 0 Å². The van der Waals surface area contributed by atoms with E-state index < -0.39 is 5.60 Å². The van der Waals surface area contributed by atoms with Crippen LogP contribution >= 0.6 is 0 Å². The number of carbonyl (C=O) groups excluding carboxylic acids is 1. The first kappa shape index (κ1) is 17.9. The number of benzene rings is 1. The molecule has 130 valence electrons. The molecule has 0 saturated carbocycles. The molecular weight excluding hydrogens is 306 g/mol. The van der Waals surface area contributed by atoms with Crippen LogP contribution in [-0.4, -0.2) is 31.3 Å². The number of amides is 2. The third kappa shape index (κ3) is 4.29. The lowest BCUT2D eigenvalue weighted by atomic mass is 10.0. The molecule has 0 saturated heterocycles. The molecule has 0 unspecified atom stereocenters. The number of carbonyl (C=O) groups is 1. The second kappa shape index (κ2) is 7.40. The Morgan fingerprint density at radius 1 is 1.29 bits per heavy atom. The molecule has 0 aliphatic rings. The number of rotatable bonds is 6. The zero-order chi connectivity index (χ0) is 17.7. The summed E-state index contributed by atoms with van der Waals surface area (Å²) in [5.74, 6) is 1.14. The van der Waals surface area contributed by atoms with Crippen molar-refractivity contribution in [2.45, 2.75) is 26.4 Å². The normalized spacial score (nSPS) is 13.2. The quantitative estimate of drug-likeness (QED) is 0.760. The van der Waals surface area contributed by atoms with Gasteiger partial charge in [-0.25, -0.2) is 4.79 Å². The predicted molar refractivity (Wildman–Crippen MR) is 95.4 cm³/mol. The highest BCUT2D eigenvalue weighted by Crippen LogP contribution is 2.25. The maximum absolute atomic E-state index is 12.2. The third-order valence-electron chi connectivity index (χ3n) is 3.90. The molecule has 2 rings (SSSR count). The fourth-order valence-electron chi connectivity index (χ4n) is 2.31. The summed E-state index contributed by atoms with van der Waals surface area (Å²) in [6, 6.07) is 10.7. The van der Waals surface area contributed by atoms with Crippen molar-refractivity contribution in [2.24, 2.45) is 0 Å². The molecule has 6 nitrogen and oxygen atoms in total. The Morgan fingerprint density at radius 2 is 2.00 bits per heavy atom. The van der Waals surface area contributed by atoms with E-state index in [1.807, 2.05) is 43.1 Å². The highest BCUT2D eigenvalue weighted by atomic mass is 16.4. The van der Waals surface area contributed by atoms with E-state index in [1.54, 1.807) is 26.0 Å². The van der Waals surface area contributed by atoms with Crippen molar-refractivity contribution in [2.75, 3.05) is 30.4 Å². The number of nitrogens with zero attached hydrogens (tertiary/aromatic N) is 1. The monoisotopic (exact) mass is 331 g/mol. The average molecular weight is 331 g/mol. The largest absolute Gasteiger partial charge is 0.463 e. The van der Waals surface area contributed by atoms with E-state index in [2.05, 4.69) is 10.6 Å². The second-order valence-corrected chi connectivity index (χ2v) is 6.02. The number of anilines is 2. The molecule has 6 heteroatoms. The van der Waals surface area contributed by atoms with Crippen molar-refractivity contribution in [3.05, 3.63) is 47.9 Å². The molecule has 0 spiro atoms. The van der Waals surface area contributed by atoms with Crippen LogP contribution < -0.4 is 15.5 Å². The van der Waals surface area contributed by atoms with Crippen LogP contribution in [0, 0.1) is 6.92 Å². The van der Waals surface area contributed by atoms with Gasteiger partial charge in [0.2, 0.25) is 0 Å². The average Bonchev–Trinajstić information content (AvgIpc) is 3.00. The van der Waals surface area contributed by atoms with Gasteiger partial charge in [-0.2, -0.15) is 0 Å². The molecular formula is C18H25N3O3. The summed E-state index contributed by atoms with van der Waals surface area (Å²) in [6.45, 7) is 6.31. The molecule has 1 heterocycles. The molecule has 0 bridgehead atoms. The molecule has 1 aromatic carbocycles. The Bertz CT molecular complexity index is 694. The highest BCUT2D eigenvalue weighted by Gasteiger charge is 2.27. The Hall–Kier alpha value is -2.47. The van der Waals surface area contributed by atoms with Crippen molar-refractivity contribution >= 4 is 17.4 Å². The van der Waals surface area contributed by atoms with Crippen molar-refractivity contribution < 1.29 is 14.3 Å².